The molecule has 0 spiro atoms. The van der Waals surface area contributed by atoms with Gasteiger partial charge in [0.05, 0.1) is 12.4 Å². The number of ether oxygens (including phenoxy) is 1. The first-order valence-electron chi connectivity index (χ1n) is 6.89. The molecule has 0 radical (unpaired) electrons. The summed E-state index contributed by atoms with van der Waals surface area (Å²) in [6.45, 7) is 2.54. The van der Waals surface area contributed by atoms with E-state index in [1.54, 1.807) is 10.9 Å². The molecular formula is C14H16N6OS. The van der Waals surface area contributed by atoms with Crippen LogP contribution in [0, 0.1) is 0 Å². The molecule has 22 heavy (non-hydrogen) atoms. The molecule has 3 rings (SSSR count). The fourth-order valence-corrected chi connectivity index (χ4v) is 2.88. The largest absolute Gasteiger partial charge is 0.492 e. The molecule has 0 bridgehead atoms. The molecule has 0 N–H and O–H groups in total. The van der Waals surface area contributed by atoms with E-state index in [0.29, 0.717) is 17.5 Å². The summed E-state index contributed by atoms with van der Waals surface area (Å²) in [5.74, 6) is 2.43. The average molecular weight is 316 g/mol. The summed E-state index contributed by atoms with van der Waals surface area (Å²) in [5.41, 5.74) is 0.830. The Bertz CT molecular complexity index is 753. The number of benzene rings is 1. The standard InChI is InChI=1S/C14H16N6OS/c1-3-21-12-7-5-4-6-11(12)20-14(16-17-18-20)22-10-13-15-8-9-19(13)2/h4-9H,3,10H2,1-2H3. The molecule has 0 amide bonds. The maximum absolute atomic E-state index is 5.64. The third kappa shape index (κ3) is 2.96. The number of nitrogens with zero attached hydrogens (tertiary/aromatic N) is 6. The van der Waals surface area contributed by atoms with Gasteiger partial charge in [0.25, 0.3) is 0 Å². The topological polar surface area (TPSA) is 70.7 Å². The number of para-hydroxylation sites is 2. The molecule has 0 fully saturated rings. The summed E-state index contributed by atoms with van der Waals surface area (Å²) in [5, 5.41) is 12.7. The fraction of sp³-hybridized carbons (Fsp3) is 0.286. The Kier molecular flexibility index (Phi) is 4.38. The van der Waals surface area contributed by atoms with Crippen molar-refractivity contribution in [2.45, 2.75) is 17.8 Å². The minimum absolute atomic E-state index is 0.592. The molecule has 3 aromatic rings. The van der Waals surface area contributed by atoms with Gasteiger partial charge in [0, 0.05) is 19.4 Å². The highest BCUT2D eigenvalue weighted by molar-refractivity contribution is 7.98. The molecule has 0 saturated carbocycles. The average Bonchev–Trinajstić information content (AvgIpc) is 3.15. The van der Waals surface area contributed by atoms with E-state index in [1.165, 1.54) is 11.8 Å². The van der Waals surface area contributed by atoms with E-state index in [0.717, 1.165) is 17.3 Å². The second kappa shape index (κ2) is 6.61. The first-order chi connectivity index (χ1) is 10.8. The van der Waals surface area contributed by atoms with Crippen molar-refractivity contribution in [1.82, 2.24) is 29.8 Å². The van der Waals surface area contributed by atoms with Crippen LogP contribution in [0.15, 0.2) is 41.8 Å². The van der Waals surface area contributed by atoms with Gasteiger partial charge >= 0.3 is 0 Å². The van der Waals surface area contributed by atoms with Crippen LogP contribution < -0.4 is 4.74 Å². The second-order valence-corrected chi connectivity index (χ2v) is 5.46. The molecule has 0 aliphatic rings. The van der Waals surface area contributed by atoms with Gasteiger partial charge in [-0.15, -0.1) is 5.10 Å². The maximum atomic E-state index is 5.64. The second-order valence-electron chi connectivity index (χ2n) is 4.52. The summed E-state index contributed by atoms with van der Waals surface area (Å²) < 4.78 is 9.32. The molecule has 2 aromatic heterocycles. The van der Waals surface area contributed by atoms with Crippen LogP contribution in [0.2, 0.25) is 0 Å². The molecule has 8 heteroatoms. The lowest BCUT2D eigenvalue weighted by Crippen LogP contribution is -2.04. The normalized spacial score (nSPS) is 10.8. The van der Waals surface area contributed by atoms with Crippen molar-refractivity contribution < 1.29 is 4.74 Å². The molecule has 0 aliphatic carbocycles. The predicted octanol–water partition coefficient (Wildman–Crippen LogP) is 2.09. The Morgan fingerprint density at radius 3 is 2.91 bits per heavy atom. The van der Waals surface area contributed by atoms with Gasteiger partial charge in [-0.2, -0.15) is 4.68 Å². The van der Waals surface area contributed by atoms with E-state index < -0.39 is 0 Å². The molecule has 0 aliphatic heterocycles. The van der Waals surface area contributed by atoms with Crippen LogP contribution in [0.1, 0.15) is 12.7 Å². The Labute approximate surface area is 132 Å². The lowest BCUT2D eigenvalue weighted by Gasteiger charge is -2.10. The monoisotopic (exact) mass is 316 g/mol. The minimum Gasteiger partial charge on any atom is -0.492 e. The summed E-state index contributed by atoms with van der Waals surface area (Å²) >= 11 is 1.54. The smallest absolute Gasteiger partial charge is 0.214 e. The van der Waals surface area contributed by atoms with Crippen LogP contribution in [-0.2, 0) is 12.8 Å². The number of tetrazole rings is 1. The number of hydrogen-bond acceptors (Lipinski definition) is 6. The van der Waals surface area contributed by atoms with Gasteiger partial charge in [-0.3, -0.25) is 0 Å². The zero-order chi connectivity index (χ0) is 15.4. The molecule has 7 nitrogen and oxygen atoms in total. The molecule has 0 unspecified atom stereocenters. The van der Waals surface area contributed by atoms with Gasteiger partial charge < -0.3 is 9.30 Å². The van der Waals surface area contributed by atoms with Crippen LogP contribution in [0.5, 0.6) is 5.75 Å². The number of aromatic nitrogens is 6. The Hall–Kier alpha value is -2.35. The van der Waals surface area contributed by atoms with Crippen molar-refractivity contribution in [3.63, 3.8) is 0 Å². The Morgan fingerprint density at radius 1 is 1.27 bits per heavy atom. The van der Waals surface area contributed by atoms with E-state index in [9.17, 15) is 0 Å². The first kappa shape index (κ1) is 14.6. The van der Waals surface area contributed by atoms with E-state index in [1.807, 2.05) is 49.0 Å². The lowest BCUT2D eigenvalue weighted by molar-refractivity contribution is 0.337. The summed E-state index contributed by atoms with van der Waals surface area (Å²) in [7, 11) is 1.97. The number of imidazole rings is 1. The number of hydrogen-bond donors (Lipinski definition) is 0. The van der Waals surface area contributed by atoms with Crippen LogP contribution >= 0.6 is 11.8 Å². The zero-order valence-electron chi connectivity index (χ0n) is 12.4. The number of aryl methyl sites for hydroxylation is 1. The van der Waals surface area contributed by atoms with Crippen LogP contribution in [-0.4, -0.2) is 36.4 Å². The third-order valence-electron chi connectivity index (χ3n) is 3.09. The molecular weight excluding hydrogens is 300 g/mol. The third-order valence-corrected chi connectivity index (χ3v) is 4.00. The Balaban J connectivity index is 1.85. The van der Waals surface area contributed by atoms with Crippen molar-refractivity contribution in [2.24, 2.45) is 7.05 Å². The van der Waals surface area contributed by atoms with Crippen LogP contribution in [0.4, 0.5) is 0 Å². The maximum Gasteiger partial charge on any atom is 0.214 e. The zero-order valence-corrected chi connectivity index (χ0v) is 13.2. The van der Waals surface area contributed by atoms with Crippen molar-refractivity contribution in [3.8, 4) is 11.4 Å². The van der Waals surface area contributed by atoms with Gasteiger partial charge in [0.15, 0.2) is 0 Å². The highest BCUT2D eigenvalue weighted by Gasteiger charge is 2.14. The van der Waals surface area contributed by atoms with Crippen molar-refractivity contribution >= 4 is 11.8 Å². The first-order valence-corrected chi connectivity index (χ1v) is 7.87. The number of rotatable bonds is 6. The van der Waals surface area contributed by atoms with Crippen LogP contribution in [0.3, 0.4) is 0 Å². The van der Waals surface area contributed by atoms with Crippen molar-refractivity contribution in [1.29, 1.82) is 0 Å². The van der Waals surface area contributed by atoms with Gasteiger partial charge in [-0.05, 0) is 29.5 Å². The van der Waals surface area contributed by atoms with E-state index in [2.05, 4.69) is 20.5 Å². The molecule has 0 saturated heterocycles. The molecule has 2 heterocycles. The predicted molar refractivity (Wildman–Crippen MR) is 83.1 cm³/mol. The molecule has 1 aromatic carbocycles. The summed E-state index contributed by atoms with van der Waals surface area (Å²) in [6.07, 6.45) is 3.70. The highest BCUT2D eigenvalue weighted by atomic mass is 32.2. The molecule has 0 atom stereocenters. The SMILES string of the molecule is CCOc1ccccc1-n1nnnc1SCc1nccn1C. The van der Waals surface area contributed by atoms with Crippen molar-refractivity contribution in [2.75, 3.05) is 6.61 Å². The molecule has 114 valence electrons. The number of thioether (sulfide) groups is 1. The van der Waals surface area contributed by atoms with Gasteiger partial charge in [0.2, 0.25) is 5.16 Å². The van der Waals surface area contributed by atoms with E-state index >= 15 is 0 Å². The lowest BCUT2D eigenvalue weighted by atomic mass is 10.3. The van der Waals surface area contributed by atoms with Crippen LogP contribution in [0.25, 0.3) is 5.69 Å². The minimum atomic E-state index is 0.592. The van der Waals surface area contributed by atoms with Gasteiger partial charge in [-0.1, -0.05) is 23.9 Å². The summed E-state index contributed by atoms with van der Waals surface area (Å²) in [4.78, 5) is 4.30. The fourth-order valence-electron chi connectivity index (χ4n) is 1.99. The summed E-state index contributed by atoms with van der Waals surface area (Å²) in [6, 6.07) is 7.71. The highest BCUT2D eigenvalue weighted by Crippen LogP contribution is 2.27. The Morgan fingerprint density at radius 2 is 2.14 bits per heavy atom. The van der Waals surface area contributed by atoms with Gasteiger partial charge in [0.1, 0.15) is 17.3 Å². The van der Waals surface area contributed by atoms with Gasteiger partial charge in [-0.25, -0.2) is 4.98 Å². The van der Waals surface area contributed by atoms with Crippen molar-refractivity contribution in [3.05, 3.63) is 42.5 Å². The quantitative estimate of drug-likeness (QED) is 0.649. The van der Waals surface area contributed by atoms with E-state index in [4.69, 9.17) is 4.74 Å². The van der Waals surface area contributed by atoms with E-state index in [-0.39, 0.29) is 0 Å².